The van der Waals surface area contributed by atoms with Gasteiger partial charge in [-0.2, -0.15) is 0 Å². The summed E-state index contributed by atoms with van der Waals surface area (Å²) in [4.78, 5) is 17.8. The standard InChI is InChI=1S/C18H23N3OS/c1-12-17(18(22)21-15-9-7-14(19)8-10-15)23-16(20-12)11-13-5-3-2-4-6-13/h2-6,14-15H,7-11,19H2,1H3,(H,21,22). The molecule has 23 heavy (non-hydrogen) atoms. The van der Waals surface area contributed by atoms with Gasteiger partial charge in [-0.1, -0.05) is 30.3 Å². The Kier molecular flexibility index (Phi) is 5.08. The van der Waals surface area contributed by atoms with E-state index in [4.69, 9.17) is 5.73 Å². The third-order valence-electron chi connectivity index (χ3n) is 4.35. The average molecular weight is 329 g/mol. The molecule has 1 fully saturated rings. The molecule has 0 atom stereocenters. The largest absolute Gasteiger partial charge is 0.349 e. The number of aromatic nitrogens is 1. The molecule has 1 aromatic carbocycles. The predicted octanol–water partition coefficient (Wildman–Crippen LogP) is 3.04. The van der Waals surface area contributed by atoms with E-state index in [-0.39, 0.29) is 11.9 Å². The third kappa shape index (κ3) is 4.18. The van der Waals surface area contributed by atoms with Gasteiger partial charge in [0.2, 0.25) is 0 Å². The highest BCUT2D eigenvalue weighted by Gasteiger charge is 2.22. The van der Waals surface area contributed by atoms with Crippen molar-refractivity contribution in [2.24, 2.45) is 5.73 Å². The summed E-state index contributed by atoms with van der Waals surface area (Å²) < 4.78 is 0. The Bertz CT molecular complexity index is 660. The highest BCUT2D eigenvalue weighted by atomic mass is 32.1. The van der Waals surface area contributed by atoms with Crippen LogP contribution >= 0.6 is 11.3 Å². The van der Waals surface area contributed by atoms with E-state index in [0.29, 0.717) is 6.04 Å². The van der Waals surface area contributed by atoms with E-state index >= 15 is 0 Å². The highest BCUT2D eigenvalue weighted by molar-refractivity contribution is 7.13. The minimum Gasteiger partial charge on any atom is -0.349 e. The maximum Gasteiger partial charge on any atom is 0.263 e. The van der Waals surface area contributed by atoms with Crippen molar-refractivity contribution >= 4 is 17.2 Å². The summed E-state index contributed by atoms with van der Waals surface area (Å²) in [6.07, 6.45) is 4.71. The van der Waals surface area contributed by atoms with Crippen molar-refractivity contribution in [2.75, 3.05) is 0 Å². The molecule has 0 unspecified atom stereocenters. The SMILES string of the molecule is Cc1nc(Cc2ccccc2)sc1C(=O)NC1CCC(N)CC1. The number of carbonyl (C=O) groups excluding carboxylic acids is 1. The lowest BCUT2D eigenvalue weighted by Gasteiger charge is -2.26. The van der Waals surface area contributed by atoms with E-state index in [9.17, 15) is 4.79 Å². The summed E-state index contributed by atoms with van der Waals surface area (Å²) in [7, 11) is 0. The fraction of sp³-hybridized carbons (Fsp3) is 0.444. The zero-order valence-corrected chi connectivity index (χ0v) is 14.2. The van der Waals surface area contributed by atoms with Crippen molar-refractivity contribution in [1.82, 2.24) is 10.3 Å². The summed E-state index contributed by atoms with van der Waals surface area (Å²) in [5.41, 5.74) is 7.96. The molecule has 0 radical (unpaired) electrons. The first-order valence-electron chi connectivity index (χ1n) is 8.18. The predicted molar refractivity (Wildman–Crippen MR) is 93.8 cm³/mol. The van der Waals surface area contributed by atoms with Crippen LogP contribution < -0.4 is 11.1 Å². The number of rotatable bonds is 4. The van der Waals surface area contributed by atoms with Crippen LogP contribution in [-0.2, 0) is 6.42 Å². The molecule has 3 rings (SSSR count). The minimum absolute atomic E-state index is 0.0137. The first kappa shape index (κ1) is 16.1. The molecule has 1 saturated carbocycles. The van der Waals surface area contributed by atoms with Gasteiger partial charge in [-0.05, 0) is 38.2 Å². The summed E-state index contributed by atoms with van der Waals surface area (Å²) in [5, 5.41) is 4.14. The topological polar surface area (TPSA) is 68.0 Å². The van der Waals surface area contributed by atoms with Crippen LogP contribution in [-0.4, -0.2) is 23.0 Å². The van der Waals surface area contributed by atoms with Crippen LogP contribution in [0, 0.1) is 6.92 Å². The van der Waals surface area contributed by atoms with Gasteiger partial charge >= 0.3 is 0 Å². The maximum atomic E-state index is 12.5. The fourth-order valence-corrected chi connectivity index (χ4v) is 4.03. The van der Waals surface area contributed by atoms with Crippen molar-refractivity contribution in [2.45, 2.75) is 51.1 Å². The fourth-order valence-electron chi connectivity index (χ4n) is 3.02. The molecule has 0 bridgehead atoms. The van der Waals surface area contributed by atoms with Crippen LogP contribution in [0.25, 0.3) is 0 Å². The smallest absolute Gasteiger partial charge is 0.263 e. The van der Waals surface area contributed by atoms with Crippen molar-refractivity contribution in [3.63, 3.8) is 0 Å². The highest BCUT2D eigenvalue weighted by Crippen LogP contribution is 2.22. The second-order valence-corrected chi connectivity index (χ2v) is 7.35. The Balaban J connectivity index is 1.64. The van der Waals surface area contributed by atoms with Gasteiger partial charge in [0.15, 0.2) is 0 Å². The normalized spacial score (nSPS) is 21.1. The zero-order valence-electron chi connectivity index (χ0n) is 13.4. The van der Waals surface area contributed by atoms with Crippen LogP contribution in [0.2, 0.25) is 0 Å². The molecule has 5 heteroatoms. The van der Waals surface area contributed by atoms with Crippen molar-refractivity contribution < 1.29 is 4.79 Å². The Morgan fingerprint density at radius 2 is 1.96 bits per heavy atom. The number of hydrogen-bond donors (Lipinski definition) is 2. The van der Waals surface area contributed by atoms with Crippen molar-refractivity contribution in [1.29, 1.82) is 0 Å². The van der Waals surface area contributed by atoms with E-state index in [2.05, 4.69) is 22.4 Å². The van der Waals surface area contributed by atoms with E-state index < -0.39 is 0 Å². The average Bonchev–Trinajstić information content (AvgIpc) is 2.91. The first-order chi connectivity index (χ1) is 11.1. The summed E-state index contributed by atoms with van der Waals surface area (Å²) in [6.45, 7) is 1.91. The van der Waals surface area contributed by atoms with Gasteiger partial charge in [0, 0.05) is 18.5 Å². The van der Waals surface area contributed by atoms with Crippen LogP contribution in [0.4, 0.5) is 0 Å². The maximum absolute atomic E-state index is 12.5. The molecule has 0 aliphatic heterocycles. The molecule has 1 aliphatic rings. The van der Waals surface area contributed by atoms with Gasteiger partial charge in [0.25, 0.3) is 5.91 Å². The number of benzene rings is 1. The molecule has 1 aromatic heterocycles. The molecule has 4 nitrogen and oxygen atoms in total. The molecule has 122 valence electrons. The van der Waals surface area contributed by atoms with Crippen LogP contribution in [0.5, 0.6) is 0 Å². The number of nitrogens with one attached hydrogen (secondary N) is 1. The van der Waals surface area contributed by atoms with Gasteiger partial charge in [-0.25, -0.2) is 4.98 Å². The lowest BCUT2D eigenvalue weighted by molar-refractivity contribution is 0.0929. The van der Waals surface area contributed by atoms with Crippen LogP contribution in [0.15, 0.2) is 30.3 Å². The summed E-state index contributed by atoms with van der Waals surface area (Å²) in [5.74, 6) is 0.0137. The van der Waals surface area contributed by atoms with E-state index in [0.717, 1.165) is 47.7 Å². The van der Waals surface area contributed by atoms with E-state index in [1.54, 1.807) is 0 Å². The second-order valence-electron chi connectivity index (χ2n) is 6.27. The first-order valence-corrected chi connectivity index (χ1v) is 9.00. The quantitative estimate of drug-likeness (QED) is 0.906. The van der Waals surface area contributed by atoms with Crippen molar-refractivity contribution in [3.8, 4) is 0 Å². The Labute approximate surface area is 141 Å². The Morgan fingerprint density at radius 3 is 2.65 bits per heavy atom. The zero-order chi connectivity index (χ0) is 16.2. The third-order valence-corrected chi connectivity index (χ3v) is 5.51. The van der Waals surface area contributed by atoms with Gasteiger partial charge in [-0.15, -0.1) is 11.3 Å². The van der Waals surface area contributed by atoms with Gasteiger partial charge < -0.3 is 11.1 Å². The van der Waals surface area contributed by atoms with Gasteiger partial charge in [0.05, 0.1) is 10.7 Å². The van der Waals surface area contributed by atoms with E-state index in [1.165, 1.54) is 16.9 Å². The molecule has 1 amide bonds. The van der Waals surface area contributed by atoms with Gasteiger partial charge in [0.1, 0.15) is 4.88 Å². The molecule has 0 saturated heterocycles. The molecule has 1 aliphatic carbocycles. The number of amides is 1. The molecule has 0 spiro atoms. The number of hydrogen-bond acceptors (Lipinski definition) is 4. The Hall–Kier alpha value is -1.72. The molecular formula is C18H23N3OS. The second kappa shape index (κ2) is 7.23. The number of thiazole rings is 1. The number of nitrogens with two attached hydrogens (primary N) is 1. The number of nitrogens with zero attached hydrogens (tertiary/aromatic N) is 1. The minimum atomic E-state index is 0.0137. The van der Waals surface area contributed by atoms with Crippen LogP contribution in [0.1, 0.15) is 51.6 Å². The lowest BCUT2D eigenvalue weighted by Crippen LogP contribution is -2.40. The van der Waals surface area contributed by atoms with Crippen molar-refractivity contribution in [3.05, 3.63) is 51.5 Å². The molecule has 2 aromatic rings. The van der Waals surface area contributed by atoms with E-state index in [1.807, 2.05) is 25.1 Å². The van der Waals surface area contributed by atoms with Crippen LogP contribution in [0.3, 0.4) is 0 Å². The molecule has 1 heterocycles. The molecule has 3 N–H and O–H groups in total. The number of carbonyl (C=O) groups is 1. The lowest BCUT2D eigenvalue weighted by atomic mass is 9.92. The monoisotopic (exact) mass is 329 g/mol. The molecular weight excluding hydrogens is 306 g/mol. The summed E-state index contributed by atoms with van der Waals surface area (Å²) in [6, 6.07) is 10.8. The Morgan fingerprint density at radius 1 is 1.26 bits per heavy atom. The number of aryl methyl sites for hydroxylation is 1. The van der Waals surface area contributed by atoms with Gasteiger partial charge in [-0.3, -0.25) is 4.79 Å². The summed E-state index contributed by atoms with van der Waals surface area (Å²) >= 11 is 1.50.